The number of carbonyl (C=O) groups is 1. The van der Waals surface area contributed by atoms with Gasteiger partial charge in [-0.15, -0.1) is 0 Å². The average molecular weight is 211 g/mol. The van der Waals surface area contributed by atoms with E-state index < -0.39 is 0 Å². The summed E-state index contributed by atoms with van der Waals surface area (Å²) in [4.78, 5) is 11.4. The predicted molar refractivity (Wildman–Crippen MR) is 58.2 cm³/mol. The molecule has 0 radical (unpaired) electrons. The molecule has 4 heteroatoms. The Morgan fingerprint density at radius 1 is 1.57 bits per heavy atom. The lowest BCUT2D eigenvalue weighted by Gasteiger charge is -2.03. The lowest BCUT2D eigenvalue weighted by Crippen LogP contribution is -2.24. The highest BCUT2D eigenvalue weighted by molar-refractivity contribution is 6.29. The van der Waals surface area contributed by atoms with Crippen molar-refractivity contribution in [3.05, 3.63) is 41.4 Å². The second-order valence-corrected chi connectivity index (χ2v) is 3.36. The first-order valence-corrected chi connectivity index (χ1v) is 4.44. The normalized spacial score (nSPS) is 9.50. The Kier molecular flexibility index (Phi) is 3.54. The van der Waals surface area contributed by atoms with Gasteiger partial charge in [0, 0.05) is 16.3 Å². The predicted octanol–water partition coefficient (Wildman–Crippen LogP) is 1.75. The number of benzene rings is 1. The molecule has 0 heterocycles. The Hall–Kier alpha value is -1.48. The number of nitrogens with two attached hydrogens (primary N) is 1. The van der Waals surface area contributed by atoms with Crippen LogP contribution in [0.1, 0.15) is 10.4 Å². The SMILES string of the molecule is C=C(Cl)CNC(=O)c1cccc(N)c1. The highest BCUT2D eigenvalue weighted by Crippen LogP contribution is 2.06. The minimum absolute atomic E-state index is 0.209. The van der Waals surface area contributed by atoms with E-state index in [2.05, 4.69) is 11.9 Å². The fraction of sp³-hybridized carbons (Fsp3) is 0.100. The van der Waals surface area contributed by atoms with Gasteiger partial charge >= 0.3 is 0 Å². The van der Waals surface area contributed by atoms with Gasteiger partial charge in [-0.3, -0.25) is 4.79 Å². The van der Waals surface area contributed by atoms with E-state index in [-0.39, 0.29) is 12.5 Å². The second kappa shape index (κ2) is 4.67. The molecule has 0 bridgehead atoms. The molecule has 0 unspecified atom stereocenters. The van der Waals surface area contributed by atoms with E-state index in [1.165, 1.54) is 0 Å². The third-order valence-electron chi connectivity index (χ3n) is 1.59. The van der Waals surface area contributed by atoms with Crippen LogP contribution in [0.3, 0.4) is 0 Å². The summed E-state index contributed by atoms with van der Waals surface area (Å²) in [5, 5.41) is 2.99. The molecule has 0 fully saturated rings. The fourth-order valence-electron chi connectivity index (χ4n) is 0.958. The van der Waals surface area contributed by atoms with Gasteiger partial charge in [0.05, 0.1) is 6.54 Å². The van der Waals surface area contributed by atoms with E-state index in [1.54, 1.807) is 24.3 Å². The van der Waals surface area contributed by atoms with Crippen LogP contribution in [0.4, 0.5) is 5.69 Å². The maximum atomic E-state index is 11.4. The highest BCUT2D eigenvalue weighted by Gasteiger charge is 2.04. The number of nitrogen functional groups attached to an aromatic ring is 1. The number of nitrogens with one attached hydrogen (secondary N) is 1. The van der Waals surface area contributed by atoms with Gasteiger partial charge in [-0.1, -0.05) is 24.2 Å². The first kappa shape index (κ1) is 10.6. The Morgan fingerprint density at radius 3 is 2.86 bits per heavy atom. The third kappa shape index (κ3) is 3.11. The van der Waals surface area contributed by atoms with Crippen molar-refractivity contribution in [2.45, 2.75) is 0 Å². The van der Waals surface area contributed by atoms with Gasteiger partial charge in [0.2, 0.25) is 0 Å². The molecule has 3 nitrogen and oxygen atoms in total. The number of carbonyl (C=O) groups excluding carboxylic acids is 1. The van der Waals surface area contributed by atoms with Crippen molar-refractivity contribution in [2.24, 2.45) is 0 Å². The van der Waals surface area contributed by atoms with Crippen LogP contribution in [0, 0.1) is 0 Å². The third-order valence-corrected chi connectivity index (χ3v) is 1.72. The van der Waals surface area contributed by atoms with Crippen molar-refractivity contribution in [2.75, 3.05) is 12.3 Å². The fourth-order valence-corrected chi connectivity index (χ4v) is 1.02. The minimum atomic E-state index is -0.209. The lowest BCUT2D eigenvalue weighted by molar-refractivity contribution is 0.0957. The molecule has 0 aromatic heterocycles. The summed E-state index contributed by atoms with van der Waals surface area (Å²) in [5.74, 6) is -0.209. The number of halogens is 1. The van der Waals surface area contributed by atoms with Crippen LogP contribution < -0.4 is 11.1 Å². The number of amides is 1. The molecule has 0 saturated carbocycles. The molecule has 0 aliphatic rings. The van der Waals surface area contributed by atoms with Crippen LogP contribution in [0.2, 0.25) is 0 Å². The van der Waals surface area contributed by atoms with E-state index in [9.17, 15) is 4.79 Å². The Labute approximate surface area is 87.6 Å². The summed E-state index contributed by atoms with van der Waals surface area (Å²) in [6.45, 7) is 3.72. The number of anilines is 1. The quantitative estimate of drug-likeness (QED) is 0.747. The van der Waals surface area contributed by atoms with E-state index in [0.717, 1.165) is 0 Å². The molecule has 0 aliphatic heterocycles. The summed E-state index contributed by atoms with van der Waals surface area (Å²) < 4.78 is 0. The Bertz CT molecular complexity index is 363. The molecule has 14 heavy (non-hydrogen) atoms. The van der Waals surface area contributed by atoms with Gasteiger partial charge in [0.1, 0.15) is 0 Å². The van der Waals surface area contributed by atoms with Crippen molar-refractivity contribution in [3.8, 4) is 0 Å². The maximum absolute atomic E-state index is 11.4. The zero-order chi connectivity index (χ0) is 10.6. The number of hydrogen-bond acceptors (Lipinski definition) is 2. The summed E-state index contributed by atoms with van der Waals surface area (Å²) >= 11 is 5.51. The zero-order valence-electron chi connectivity index (χ0n) is 7.59. The van der Waals surface area contributed by atoms with E-state index in [1.807, 2.05) is 0 Å². The van der Waals surface area contributed by atoms with Crippen LogP contribution in [0.5, 0.6) is 0 Å². The number of hydrogen-bond donors (Lipinski definition) is 2. The summed E-state index contributed by atoms with van der Waals surface area (Å²) in [7, 11) is 0. The van der Waals surface area contributed by atoms with Crippen molar-refractivity contribution >= 4 is 23.2 Å². The second-order valence-electron chi connectivity index (χ2n) is 2.83. The molecule has 0 aliphatic carbocycles. The first-order valence-electron chi connectivity index (χ1n) is 4.06. The molecule has 1 aromatic rings. The smallest absolute Gasteiger partial charge is 0.251 e. The molecular weight excluding hydrogens is 200 g/mol. The van der Waals surface area contributed by atoms with Crippen LogP contribution in [0.25, 0.3) is 0 Å². The van der Waals surface area contributed by atoms with Crippen LogP contribution in [0.15, 0.2) is 35.9 Å². The molecule has 1 aromatic carbocycles. The number of rotatable bonds is 3. The first-order chi connectivity index (χ1) is 6.59. The Morgan fingerprint density at radius 2 is 2.29 bits per heavy atom. The van der Waals surface area contributed by atoms with Crippen molar-refractivity contribution in [1.29, 1.82) is 0 Å². The minimum Gasteiger partial charge on any atom is -0.399 e. The maximum Gasteiger partial charge on any atom is 0.251 e. The highest BCUT2D eigenvalue weighted by atomic mass is 35.5. The molecular formula is C10H11ClN2O. The van der Waals surface area contributed by atoms with Crippen LogP contribution in [-0.2, 0) is 0 Å². The summed E-state index contributed by atoms with van der Waals surface area (Å²) in [5.41, 5.74) is 6.60. The Balaban J connectivity index is 2.65. The average Bonchev–Trinajstić information content (AvgIpc) is 2.14. The van der Waals surface area contributed by atoms with Gasteiger partial charge in [-0.05, 0) is 18.2 Å². The van der Waals surface area contributed by atoms with Crippen molar-refractivity contribution < 1.29 is 4.79 Å². The largest absolute Gasteiger partial charge is 0.399 e. The van der Waals surface area contributed by atoms with Gasteiger partial charge in [0.25, 0.3) is 5.91 Å². The molecule has 0 atom stereocenters. The summed E-state index contributed by atoms with van der Waals surface area (Å²) in [6.07, 6.45) is 0. The van der Waals surface area contributed by atoms with Gasteiger partial charge in [0.15, 0.2) is 0 Å². The van der Waals surface area contributed by atoms with Crippen molar-refractivity contribution in [3.63, 3.8) is 0 Å². The molecule has 74 valence electrons. The van der Waals surface area contributed by atoms with E-state index >= 15 is 0 Å². The molecule has 1 amide bonds. The van der Waals surface area contributed by atoms with E-state index in [4.69, 9.17) is 17.3 Å². The van der Waals surface area contributed by atoms with Crippen LogP contribution >= 0.6 is 11.6 Å². The van der Waals surface area contributed by atoms with Crippen LogP contribution in [-0.4, -0.2) is 12.5 Å². The topological polar surface area (TPSA) is 55.1 Å². The van der Waals surface area contributed by atoms with Gasteiger partial charge in [-0.2, -0.15) is 0 Å². The monoisotopic (exact) mass is 210 g/mol. The molecule has 0 spiro atoms. The molecule has 3 N–H and O–H groups in total. The zero-order valence-corrected chi connectivity index (χ0v) is 8.34. The molecule has 1 rings (SSSR count). The van der Waals surface area contributed by atoms with Gasteiger partial charge < -0.3 is 11.1 Å². The van der Waals surface area contributed by atoms with Gasteiger partial charge in [-0.25, -0.2) is 0 Å². The van der Waals surface area contributed by atoms with Crippen molar-refractivity contribution in [1.82, 2.24) is 5.32 Å². The van der Waals surface area contributed by atoms with E-state index in [0.29, 0.717) is 16.3 Å². The summed E-state index contributed by atoms with van der Waals surface area (Å²) in [6, 6.07) is 6.73. The molecule has 0 saturated heterocycles. The standard InChI is InChI=1S/C10H11ClN2O/c1-7(11)6-13-10(14)8-3-2-4-9(12)5-8/h2-5H,1,6,12H2,(H,13,14). The lowest BCUT2D eigenvalue weighted by atomic mass is 10.2.